The van der Waals surface area contributed by atoms with Gasteiger partial charge < -0.3 is 9.88 Å². The van der Waals surface area contributed by atoms with Gasteiger partial charge in [-0.05, 0) is 32.0 Å². The Labute approximate surface area is 150 Å². The predicted octanol–water partition coefficient (Wildman–Crippen LogP) is 1.59. The summed E-state index contributed by atoms with van der Waals surface area (Å²) in [6.45, 7) is 3.37. The molecule has 0 aliphatic heterocycles. The van der Waals surface area contributed by atoms with Crippen molar-refractivity contribution in [3.8, 4) is 5.69 Å². The highest BCUT2D eigenvalue weighted by Crippen LogP contribution is 2.14. The molecule has 1 aromatic carbocycles. The first-order chi connectivity index (χ1) is 12.4. The van der Waals surface area contributed by atoms with E-state index in [-0.39, 0.29) is 23.4 Å². The third-order valence-corrected chi connectivity index (χ3v) is 4.39. The SMILES string of the molecule is Cc1cccc(=O)n1CC(=O)Nc1c(C)n(C)n(-c2ccccc2)c1=O. The van der Waals surface area contributed by atoms with Crippen LogP contribution in [0.2, 0.25) is 0 Å². The van der Waals surface area contributed by atoms with Gasteiger partial charge in [-0.1, -0.05) is 24.3 Å². The minimum absolute atomic E-state index is 0.148. The van der Waals surface area contributed by atoms with Gasteiger partial charge in [0.05, 0.1) is 11.4 Å². The number of pyridine rings is 1. The van der Waals surface area contributed by atoms with Crippen molar-refractivity contribution in [3.05, 3.63) is 80.6 Å². The van der Waals surface area contributed by atoms with Crippen LogP contribution in [-0.4, -0.2) is 19.8 Å². The van der Waals surface area contributed by atoms with E-state index in [1.807, 2.05) is 30.3 Å². The molecule has 0 aliphatic rings. The van der Waals surface area contributed by atoms with Crippen molar-refractivity contribution in [1.82, 2.24) is 13.9 Å². The smallest absolute Gasteiger partial charge is 0.295 e. The van der Waals surface area contributed by atoms with E-state index in [4.69, 9.17) is 0 Å². The molecule has 26 heavy (non-hydrogen) atoms. The number of para-hydroxylation sites is 1. The fraction of sp³-hybridized carbons (Fsp3) is 0.211. The van der Waals surface area contributed by atoms with Crippen LogP contribution in [0.1, 0.15) is 11.4 Å². The minimum atomic E-state index is -0.424. The van der Waals surface area contributed by atoms with Crippen LogP contribution in [0.25, 0.3) is 5.69 Å². The number of amides is 1. The molecule has 0 atom stereocenters. The van der Waals surface area contributed by atoms with Crippen LogP contribution in [0.3, 0.4) is 0 Å². The zero-order valence-corrected chi connectivity index (χ0v) is 14.9. The molecule has 1 amide bonds. The second-order valence-electron chi connectivity index (χ2n) is 6.08. The van der Waals surface area contributed by atoms with Crippen molar-refractivity contribution in [1.29, 1.82) is 0 Å². The van der Waals surface area contributed by atoms with Crippen molar-refractivity contribution in [2.75, 3.05) is 5.32 Å². The number of nitrogens with one attached hydrogen (secondary N) is 1. The lowest BCUT2D eigenvalue weighted by Gasteiger charge is -2.09. The van der Waals surface area contributed by atoms with Gasteiger partial charge in [-0.2, -0.15) is 0 Å². The summed E-state index contributed by atoms with van der Waals surface area (Å²) >= 11 is 0. The Morgan fingerprint density at radius 2 is 1.69 bits per heavy atom. The average Bonchev–Trinajstić information content (AvgIpc) is 2.82. The molecule has 2 heterocycles. The third kappa shape index (κ3) is 3.11. The van der Waals surface area contributed by atoms with Gasteiger partial charge in [0.1, 0.15) is 12.2 Å². The number of anilines is 1. The predicted molar refractivity (Wildman–Crippen MR) is 99.8 cm³/mol. The summed E-state index contributed by atoms with van der Waals surface area (Å²) < 4.78 is 4.54. The van der Waals surface area contributed by atoms with E-state index in [1.165, 1.54) is 15.3 Å². The maximum atomic E-state index is 12.8. The van der Waals surface area contributed by atoms with Crippen LogP contribution in [0.15, 0.2) is 58.1 Å². The van der Waals surface area contributed by atoms with Crippen LogP contribution >= 0.6 is 0 Å². The molecule has 1 N–H and O–H groups in total. The monoisotopic (exact) mass is 352 g/mol. The summed E-state index contributed by atoms with van der Waals surface area (Å²) in [5.41, 5.74) is 1.65. The molecule has 0 saturated carbocycles. The fourth-order valence-corrected chi connectivity index (χ4v) is 2.86. The van der Waals surface area contributed by atoms with Crippen LogP contribution < -0.4 is 16.4 Å². The van der Waals surface area contributed by atoms with Gasteiger partial charge in [-0.3, -0.25) is 19.1 Å². The van der Waals surface area contributed by atoms with Gasteiger partial charge in [0, 0.05) is 18.8 Å². The lowest BCUT2D eigenvalue weighted by molar-refractivity contribution is -0.116. The van der Waals surface area contributed by atoms with Gasteiger partial charge in [0.15, 0.2) is 0 Å². The molecule has 0 fully saturated rings. The molecule has 7 heteroatoms. The first kappa shape index (κ1) is 17.5. The maximum Gasteiger partial charge on any atom is 0.295 e. The van der Waals surface area contributed by atoms with Crippen molar-refractivity contribution in [2.24, 2.45) is 7.05 Å². The summed E-state index contributed by atoms with van der Waals surface area (Å²) in [5, 5.41) is 2.66. The molecule has 0 bridgehead atoms. The van der Waals surface area contributed by atoms with Crippen molar-refractivity contribution in [2.45, 2.75) is 20.4 Å². The Hall–Kier alpha value is -3.35. The van der Waals surface area contributed by atoms with Gasteiger partial charge in [0.2, 0.25) is 5.91 Å². The summed E-state index contributed by atoms with van der Waals surface area (Å²) in [4.78, 5) is 37.1. The highest BCUT2D eigenvalue weighted by Gasteiger charge is 2.18. The Balaban J connectivity index is 1.93. The lowest BCUT2D eigenvalue weighted by atomic mass is 10.3. The zero-order valence-electron chi connectivity index (χ0n) is 14.9. The first-order valence-corrected chi connectivity index (χ1v) is 8.20. The standard InChI is InChI=1S/C19H20N4O3/c1-13-8-7-11-17(25)22(13)12-16(24)20-18-14(2)21(3)23(19(18)26)15-9-5-4-6-10-15/h4-11H,12H2,1-3H3,(H,20,24). The number of hydrogen-bond acceptors (Lipinski definition) is 3. The Kier molecular flexibility index (Phi) is 4.62. The molecule has 0 unspecified atom stereocenters. The van der Waals surface area contributed by atoms with Crippen LogP contribution in [0.5, 0.6) is 0 Å². The largest absolute Gasteiger partial charge is 0.318 e. The zero-order chi connectivity index (χ0) is 18.8. The topological polar surface area (TPSA) is 78.0 Å². The molecule has 134 valence electrons. The molecule has 3 aromatic rings. The maximum absolute atomic E-state index is 12.8. The quantitative estimate of drug-likeness (QED) is 0.775. The van der Waals surface area contributed by atoms with E-state index in [2.05, 4.69) is 5.32 Å². The molecule has 7 nitrogen and oxygen atoms in total. The number of carbonyl (C=O) groups excluding carboxylic acids is 1. The van der Waals surface area contributed by atoms with E-state index in [0.717, 1.165) is 0 Å². The highest BCUT2D eigenvalue weighted by molar-refractivity contribution is 5.91. The van der Waals surface area contributed by atoms with E-state index in [9.17, 15) is 14.4 Å². The normalized spacial score (nSPS) is 10.7. The van der Waals surface area contributed by atoms with Crippen LogP contribution in [0, 0.1) is 13.8 Å². The van der Waals surface area contributed by atoms with E-state index >= 15 is 0 Å². The van der Waals surface area contributed by atoms with Crippen LogP contribution in [-0.2, 0) is 18.4 Å². The molecule has 0 radical (unpaired) electrons. The number of benzene rings is 1. The fourth-order valence-electron chi connectivity index (χ4n) is 2.86. The summed E-state index contributed by atoms with van der Waals surface area (Å²) in [6, 6.07) is 14.0. The van der Waals surface area contributed by atoms with E-state index in [0.29, 0.717) is 17.1 Å². The molecular formula is C19H20N4O3. The molecular weight excluding hydrogens is 332 g/mol. The lowest BCUT2D eigenvalue weighted by Crippen LogP contribution is -2.30. The van der Waals surface area contributed by atoms with Gasteiger partial charge in [-0.25, -0.2) is 4.68 Å². The molecule has 3 rings (SSSR count). The second kappa shape index (κ2) is 6.87. The average molecular weight is 352 g/mol. The molecule has 0 aliphatic carbocycles. The van der Waals surface area contributed by atoms with Crippen molar-refractivity contribution >= 4 is 11.6 Å². The number of nitrogens with zero attached hydrogens (tertiary/aromatic N) is 3. The van der Waals surface area contributed by atoms with Crippen molar-refractivity contribution in [3.63, 3.8) is 0 Å². The van der Waals surface area contributed by atoms with Gasteiger partial charge >= 0.3 is 0 Å². The third-order valence-electron chi connectivity index (χ3n) is 4.39. The number of aromatic nitrogens is 3. The number of rotatable bonds is 4. The highest BCUT2D eigenvalue weighted by atomic mass is 16.2. The summed E-state index contributed by atoms with van der Waals surface area (Å²) in [7, 11) is 1.76. The summed E-state index contributed by atoms with van der Waals surface area (Å²) in [6.07, 6.45) is 0. The second-order valence-corrected chi connectivity index (χ2v) is 6.08. The Bertz CT molecular complexity index is 1070. The van der Waals surface area contributed by atoms with Crippen LogP contribution in [0.4, 0.5) is 5.69 Å². The van der Waals surface area contributed by atoms with Crippen molar-refractivity contribution < 1.29 is 4.79 Å². The van der Waals surface area contributed by atoms with Gasteiger partial charge in [-0.15, -0.1) is 0 Å². The number of carbonyl (C=O) groups is 1. The number of aryl methyl sites for hydroxylation is 1. The number of hydrogen-bond donors (Lipinski definition) is 1. The first-order valence-electron chi connectivity index (χ1n) is 8.20. The van der Waals surface area contributed by atoms with E-state index in [1.54, 1.807) is 37.7 Å². The Morgan fingerprint density at radius 1 is 1.00 bits per heavy atom. The van der Waals surface area contributed by atoms with Gasteiger partial charge in [0.25, 0.3) is 11.1 Å². The Morgan fingerprint density at radius 3 is 2.35 bits per heavy atom. The van der Waals surface area contributed by atoms with E-state index < -0.39 is 5.91 Å². The molecule has 2 aromatic heterocycles. The molecule has 0 spiro atoms. The minimum Gasteiger partial charge on any atom is -0.318 e. The summed E-state index contributed by atoms with van der Waals surface area (Å²) in [5.74, 6) is -0.424. The molecule has 0 saturated heterocycles.